The maximum absolute atomic E-state index is 12.4. The largest absolute Gasteiger partial charge is 0.508 e. The van der Waals surface area contributed by atoms with E-state index in [2.05, 4.69) is 0 Å². The number of hydrogen-bond acceptors (Lipinski definition) is 5. The fourth-order valence-electron chi connectivity index (χ4n) is 2.03. The molecule has 1 heterocycles. The van der Waals surface area contributed by atoms with E-state index in [1.165, 1.54) is 24.5 Å². The number of hydrogen-bond donors (Lipinski definition) is 3. The summed E-state index contributed by atoms with van der Waals surface area (Å²) in [5, 5.41) is 28.5. The van der Waals surface area contributed by atoms with Crippen LogP contribution in [0.15, 0.2) is 51.9 Å². The van der Waals surface area contributed by atoms with E-state index in [-0.39, 0.29) is 33.5 Å². The van der Waals surface area contributed by atoms with E-state index in [0.717, 1.165) is 6.07 Å². The van der Waals surface area contributed by atoms with Crippen LogP contribution in [0.3, 0.4) is 0 Å². The highest BCUT2D eigenvalue weighted by molar-refractivity contribution is 5.84. The fraction of sp³-hybridized carbons (Fsp3) is 0. The summed E-state index contributed by atoms with van der Waals surface area (Å²) < 4.78 is 5.30. The lowest BCUT2D eigenvalue weighted by molar-refractivity contribution is 0.403. The van der Waals surface area contributed by atoms with Gasteiger partial charge in [0.05, 0.1) is 10.9 Å². The summed E-state index contributed by atoms with van der Waals surface area (Å²) >= 11 is 0. The highest BCUT2D eigenvalue weighted by atomic mass is 16.3. The molecule has 0 aliphatic rings. The van der Waals surface area contributed by atoms with Crippen molar-refractivity contribution in [1.29, 1.82) is 0 Å². The second-order valence-corrected chi connectivity index (χ2v) is 4.37. The average Bonchev–Trinajstić information content (AvgIpc) is 2.41. The molecule has 3 aromatic rings. The van der Waals surface area contributed by atoms with Crippen LogP contribution < -0.4 is 5.43 Å². The Morgan fingerprint density at radius 3 is 2.45 bits per heavy atom. The summed E-state index contributed by atoms with van der Waals surface area (Å²) in [7, 11) is 0. The van der Waals surface area contributed by atoms with Gasteiger partial charge in [-0.2, -0.15) is 0 Å². The number of fused-ring (bicyclic) bond motifs is 1. The predicted molar refractivity (Wildman–Crippen MR) is 72.9 cm³/mol. The second kappa shape index (κ2) is 4.31. The molecule has 3 N–H and O–H groups in total. The maximum atomic E-state index is 12.4. The molecule has 5 nitrogen and oxygen atoms in total. The van der Waals surface area contributed by atoms with Crippen molar-refractivity contribution < 1.29 is 19.7 Å². The zero-order chi connectivity index (χ0) is 14.3. The summed E-state index contributed by atoms with van der Waals surface area (Å²) in [4.78, 5) is 12.4. The zero-order valence-corrected chi connectivity index (χ0v) is 10.2. The monoisotopic (exact) mass is 270 g/mol. The van der Waals surface area contributed by atoms with E-state index in [9.17, 15) is 20.1 Å². The molecule has 0 aliphatic heterocycles. The van der Waals surface area contributed by atoms with Crippen LogP contribution in [0.25, 0.3) is 22.1 Å². The lowest BCUT2D eigenvalue weighted by Gasteiger charge is -2.04. The molecule has 0 radical (unpaired) electrons. The second-order valence-electron chi connectivity index (χ2n) is 4.37. The Morgan fingerprint density at radius 2 is 1.70 bits per heavy atom. The van der Waals surface area contributed by atoms with E-state index < -0.39 is 5.75 Å². The van der Waals surface area contributed by atoms with Crippen molar-refractivity contribution in [3.63, 3.8) is 0 Å². The van der Waals surface area contributed by atoms with Crippen molar-refractivity contribution >= 4 is 11.0 Å². The molecule has 0 unspecified atom stereocenters. The molecule has 3 rings (SSSR count). The maximum Gasteiger partial charge on any atom is 0.200 e. The van der Waals surface area contributed by atoms with Crippen molar-refractivity contribution in [2.75, 3.05) is 0 Å². The molecule has 0 amide bonds. The van der Waals surface area contributed by atoms with Crippen molar-refractivity contribution in [1.82, 2.24) is 0 Å². The third-order valence-electron chi connectivity index (χ3n) is 3.03. The van der Waals surface area contributed by atoms with Crippen molar-refractivity contribution in [3.05, 3.63) is 52.9 Å². The van der Waals surface area contributed by atoms with Crippen molar-refractivity contribution in [2.45, 2.75) is 0 Å². The van der Waals surface area contributed by atoms with E-state index in [1.807, 2.05) is 0 Å². The van der Waals surface area contributed by atoms with Gasteiger partial charge in [-0.05, 0) is 23.8 Å². The normalized spacial score (nSPS) is 10.8. The first-order chi connectivity index (χ1) is 9.56. The molecule has 0 spiro atoms. The summed E-state index contributed by atoms with van der Waals surface area (Å²) in [6, 6.07) is 8.55. The van der Waals surface area contributed by atoms with Gasteiger partial charge < -0.3 is 19.7 Å². The minimum absolute atomic E-state index is 0.0375. The molecule has 2 aromatic carbocycles. The number of phenols is 3. The molecule has 0 bridgehead atoms. The summed E-state index contributed by atoms with van der Waals surface area (Å²) in [6.07, 6.45) is 1.26. The van der Waals surface area contributed by atoms with E-state index in [4.69, 9.17) is 4.42 Å². The standard InChI is InChI=1S/C15H10O5/c16-9-3-1-2-8(4-9)11-7-20-14-6-13(18)12(17)5-10(14)15(11)19/h1-7,16-18H. The molecule has 1 aromatic heterocycles. The van der Waals surface area contributed by atoms with Crippen LogP contribution in [0, 0.1) is 0 Å². The van der Waals surface area contributed by atoms with Gasteiger partial charge in [-0.3, -0.25) is 4.79 Å². The molecule has 100 valence electrons. The van der Waals surface area contributed by atoms with Crippen LogP contribution in [0.4, 0.5) is 0 Å². The van der Waals surface area contributed by atoms with Crippen LogP contribution in [-0.2, 0) is 0 Å². The van der Waals surface area contributed by atoms with Gasteiger partial charge in [-0.25, -0.2) is 0 Å². The lowest BCUT2D eigenvalue weighted by atomic mass is 10.1. The van der Waals surface area contributed by atoms with E-state index in [0.29, 0.717) is 5.56 Å². The topological polar surface area (TPSA) is 90.9 Å². The van der Waals surface area contributed by atoms with Crippen LogP contribution in [0.2, 0.25) is 0 Å². The lowest BCUT2D eigenvalue weighted by Crippen LogP contribution is -2.04. The van der Waals surface area contributed by atoms with Gasteiger partial charge in [-0.15, -0.1) is 0 Å². The van der Waals surface area contributed by atoms with Gasteiger partial charge in [0.25, 0.3) is 0 Å². The zero-order valence-electron chi connectivity index (χ0n) is 10.2. The first kappa shape index (κ1) is 12.1. The average molecular weight is 270 g/mol. The van der Waals surface area contributed by atoms with Gasteiger partial charge in [0, 0.05) is 6.07 Å². The molecule has 5 heteroatoms. The Labute approximate surface area is 113 Å². The van der Waals surface area contributed by atoms with Crippen LogP contribution in [0.1, 0.15) is 0 Å². The minimum atomic E-state index is -0.391. The first-order valence-electron chi connectivity index (χ1n) is 5.83. The number of benzene rings is 2. The van der Waals surface area contributed by atoms with Crippen molar-refractivity contribution in [2.24, 2.45) is 0 Å². The molecular formula is C15H10O5. The highest BCUT2D eigenvalue weighted by Crippen LogP contribution is 2.30. The third-order valence-corrected chi connectivity index (χ3v) is 3.03. The van der Waals surface area contributed by atoms with Gasteiger partial charge in [-0.1, -0.05) is 12.1 Å². The number of rotatable bonds is 1. The van der Waals surface area contributed by atoms with Gasteiger partial charge in [0.15, 0.2) is 11.5 Å². The van der Waals surface area contributed by atoms with Gasteiger partial charge in [0.1, 0.15) is 17.6 Å². The van der Waals surface area contributed by atoms with Crippen LogP contribution in [0.5, 0.6) is 17.2 Å². The van der Waals surface area contributed by atoms with Gasteiger partial charge >= 0.3 is 0 Å². The minimum Gasteiger partial charge on any atom is -0.508 e. The van der Waals surface area contributed by atoms with Gasteiger partial charge in [0.2, 0.25) is 5.43 Å². The smallest absolute Gasteiger partial charge is 0.200 e. The Balaban J connectivity index is 2.31. The van der Waals surface area contributed by atoms with Crippen molar-refractivity contribution in [3.8, 4) is 28.4 Å². The molecule has 0 aliphatic carbocycles. The number of aromatic hydroxyl groups is 3. The quantitative estimate of drug-likeness (QED) is 0.591. The Hall–Kier alpha value is -2.95. The van der Waals surface area contributed by atoms with E-state index >= 15 is 0 Å². The van der Waals surface area contributed by atoms with E-state index in [1.54, 1.807) is 12.1 Å². The third kappa shape index (κ3) is 1.85. The molecule has 20 heavy (non-hydrogen) atoms. The molecule has 0 atom stereocenters. The Morgan fingerprint density at radius 1 is 0.950 bits per heavy atom. The Kier molecular flexibility index (Phi) is 2.61. The SMILES string of the molecule is O=c1c(-c2cccc(O)c2)coc2cc(O)c(O)cc12. The Bertz CT molecular complexity index is 864. The molecule has 0 saturated heterocycles. The molecular weight excluding hydrogens is 260 g/mol. The van der Waals surface area contributed by atoms with Crippen LogP contribution >= 0.6 is 0 Å². The molecule has 0 fully saturated rings. The number of phenolic OH excluding ortho intramolecular Hbond substituents is 3. The fourth-order valence-corrected chi connectivity index (χ4v) is 2.03. The highest BCUT2D eigenvalue weighted by Gasteiger charge is 2.12. The van der Waals surface area contributed by atoms with Crippen LogP contribution in [-0.4, -0.2) is 15.3 Å². The summed E-state index contributed by atoms with van der Waals surface area (Å²) in [6.45, 7) is 0. The predicted octanol–water partition coefficient (Wildman–Crippen LogP) is 2.58. The molecule has 0 saturated carbocycles. The first-order valence-corrected chi connectivity index (χ1v) is 5.83. The summed E-state index contributed by atoms with van der Waals surface area (Å²) in [5.74, 6) is -0.709. The summed E-state index contributed by atoms with van der Waals surface area (Å²) in [5.41, 5.74) is 0.591.